The Labute approximate surface area is 620 Å². The smallest absolute Gasteiger partial charge is 0.252 e. The largest absolute Gasteiger partial charge is 0.311 e. The first-order chi connectivity index (χ1) is 49.4. The second-order valence-electron chi connectivity index (χ2n) is 36.3. The molecule has 0 atom stereocenters. The first-order valence-corrected chi connectivity index (χ1v) is 38.4. The van der Waals surface area contributed by atoms with Gasteiger partial charge in [0.1, 0.15) is 0 Å². The van der Waals surface area contributed by atoms with Crippen LogP contribution in [0.5, 0.6) is 0 Å². The van der Waals surface area contributed by atoms with Gasteiger partial charge in [-0.1, -0.05) is 275 Å². The van der Waals surface area contributed by atoms with Crippen molar-refractivity contribution in [1.29, 1.82) is 0 Å². The molecule has 0 fully saturated rings. The summed E-state index contributed by atoms with van der Waals surface area (Å²) in [6.45, 7) is 43.1. The molecule has 14 aromatic rings. The summed E-state index contributed by atoms with van der Waals surface area (Å²) in [7, 11) is 0. The van der Waals surface area contributed by atoms with E-state index >= 15 is 0 Å². The molecule has 104 heavy (non-hydrogen) atoms. The van der Waals surface area contributed by atoms with E-state index in [1.165, 1.54) is 159 Å². The van der Waals surface area contributed by atoms with Crippen molar-refractivity contribution in [1.82, 2.24) is 9.13 Å². The molecule has 0 radical (unpaired) electrons. The average molecular weight is 1370 g/mol. The molecule has 4 aliphatic heterocycles. The number of fused-ring (bicyclic) bond motifs is 14. The summed E-state index contributed by atoms with van der Waals surface area (Å²) in [5.41, 5.74) is 32.7. The van der Waals surface area contributed by atoms with Crippen molar-refractivity contribution in [2.45, 2.75) is 167 Å². The molecule has 0 unspecified atom stereocenters. The van der Waals surface area contributed by atoms with E-state index in [-0.39, 0.29) is 45.9 Å². The van der Waals surface area contributed by atoms with Gasteiger partial charge in [-0.15, -0.1) is 0 Å². The predicted molar refractivity (Wildman–Crippen MR) is 451 cm³/mol. The molecule has 0 N–H and O–H groups in total. The second-order valence-corrected chi connectivity index (χ2v) is 37.4. The average Bonchev–Trinajstić information content (AvgIpc) is 0.783. The van der Waals surface area contributed by atoms with Gasteiger partial charge in [-0.3, -0.25) is 0 Å². The molecular weight excluding hydrogens is 1280 g/mol. The first kappa shape index (κ1) is 66.1. The van der Waals surface area contributed by atoms with Crippen molar-refractivity contribution in [2.24, 2.45) is 0 Å². The van der Waals surface area contributed by atoms with Crippen LogP contribution < -0.4 is 47.5 Å². The minimum Gasteiger partial charge on any atom is -0.311 e. The standard InChI is InChI=1S/C96H93B2N5S/c1-91(2,3)58-45-59(92(4,5)6)47-64(46-58)103-81-50-60(93(7,8)9)48-71(95(13,14)15)87(81)97-73-56-74-80(57-79(73)99(62-33-21-19-22-34-62)82-52-65(53-83(103)89(82)97)101-75-41-29-25-37-67(75)68-38-26-30-42-76(68)101)100(63-35-23-20-24-36-63)84-54-66(102-77-43-31-27-39-69(77)70-40-28-32-44-78(70)102)55-86-90(84)98(74)88-72(96(16,17)18)49-61(94(10,11)12)51-85(88)104-86/h19-57H,1-18H3. The maximum Gasteiger partial charge on any atom is 0.252 e. The van der Waals surface area contributed by atoms with Crippen molar-refractivity contribution in [3.63, 3.8) is 0 Å². The molecule has 2 aromatic heterocycles. The van der Waals surface area contributed by atoms with E-state index < -0.39 is 0 Å². The van der Waals surface area contributed by atoms with Gasteiger partial charge < -0.3 is 23.8 Å². The van der Waals surface area contributed by atoms with Crippen LogP contribution in [-0.2, 0) is 32.5 Å². The van der Waals surface area contributed by atoms with Crippen LogP contribution in [0.1, 0.15) is 158 Å². The fraction of sp³-hybridized carbons (Fsp3) is 0.250. The van der Waals surface area contributed by atoms with Crippen molar-refractivity contribution in [3.8, 4) is 11.4 Å². The molecule has 6 heterocycles. The molecule has 514 valence electrons. The van der Waals surface area contributed by atoms with Gasteiger partial charge in [-0.25, -0.2) is 0 Å². The molecule has 0 amide bonds. The molecule has 0 bridgehead atoms. The van der Waals surface area contributed by atoms with E-state index in [0.717, 1.165) is 22.7 Å². The lowest BCUT2D eigenvalue weighted by atomic mass is 9.29. The highest BCUT2D eigenvalue weighted by Crippen LogP contribution is 2.53. The minimum absolute atomic E-state index is 0.102. The van der Waals surface area contributed by atoms with E-state index in [9.17, 15) is 0 Å². The predicted octanol–water partition coefficient (Wildman–Crippen LogP) is 22.5. The van der Waals surface area contributed by atoms with E-state index in [2.05, 4.69) is 385 Å². The van der Waals surface area contributed by atoms with Crippen LogP contribution in [0.2, 0.25) is 0 Å². The Morgan fingerprint density at radius 3 is 1.00 bits per heavy atom. The van der Waals surface area contributed by atoms with Crippen LogP contribution in [0.4, 0.5) is 51.2 Å². The molecule has 0 saturated carbocycles. The van der Waals surface area contributed by atoms with Gasteiger partial charge >= 0.3 is 0 Å². The molecule has 0 aliphatic carbocycles. The molecule has 8 heteroatoms. The summed E-state index contributed by atoms with van der Waals surface area (Å²) in [5.74, 6) is 0. The molecule has 12 aromatic carbocycles. The summed E-state index contributed by atoms with van der Waals surface area (Å²) < 4.78 is 5.10. The maximum atomic E-state index is 2.76. The maximum absolute atomic E-state index is 2.76. The number of anilines is 9. The number of hydrogen-bond acceptors (Lipinski definition) is 4. The molecule has 5 nitrogen and oxygen atoms in total. The van der Waals surface area contributed by atoms with Gasteiger partial charge in [0.25, 0.3) is 6.71 Å². The SMILES string of the molecule is CC(C)(C)c1cc(N2c3cc(-n4c5ccccc5c5ccccc54)cc4c3B(c3cc5c(cc3N4c3ccccc3)N(c3ccccc3)c3cc(-n4c6ccccc6c6ccccc64)cc4c3B5c3c(cc(C(C)(C)C)cc3C(C)(C)C)S4)c3c2cc(C(C)(C)C)cc3C(C)(C)C)cc(C(C)(C)C)c1. The summed E-state index contributed by atoms with van der Waals surface area (Å²) in [5, 5.41) is 4.98. The fourth-order valence-corrected chi connectivity index (χ4v) is 19.1. The van der Waals surface area contributed by atoms with Crippen LogP contribution in [0.15, 0.2) is 246 Å². The first-order valence-electron chi connectivity index (χ1n) is 37.6. The highest BCUT2D eigenvalue weighted by atomic mass is 32.2. The Hall–Kier alpha value is -9.88. The third-order valence-electron chi connectivity index (χ3n) is 23.1. The molecule has 18 rings (SSSR count). The van der Waals surface area contributed by atoms with Crippen molar-refractivity contribution >= 4 is 153 Å². The molecule has 0 saturated heterocycles. The lowest BCUT2D eigenvalue weighted by molar-refractivity contribution is 0.568. The quantitative estimate of drug-likeness (QED) is 0.160. The van der Waals surface area contributed by atoms with Gasteiger partial charge in [-0.05, 0) is 196 Å². The zero-order chi connectivity index (χ0) is 72.4. The number of benzene rings is 12. The van der Waals surface area contributed by atoms with E-state index in [1.807, 2.05) is 11.8 Å². The van der Waals surface area contributed by atoms with Crippen LogP contribution in [-0.4, -0.2) is 22.6 Å². The number of hydrogen-bond donors (Lipinski definition) is 0. The lowest BCUT2D eigenvalue weighted by Gasteiger charge is -2.48. The normalized spacial score (nSPS) is 14.3. The second kappa shape index (κ2) is 22.8. The zero-order valence-corrected chi connectivity index (χ0v) is 64.6. The highest BCUT2D eigenvalue weighted by molar-refractivity contribution is 8.00. The summed E-state index contributed by atoms with van der Waals surface area (Å²) in [6, 6.07) is 92.4. The zero-order valence-electron chi connectivity index (χ0n) is 63.8. The van der Waals surface area contributed by atoms with Crippen molar-refractivity contribution in [3.05, 3.63) is 270 Å². The Balaban J connectivity index is 1.03. The van der Waals surface area contributed by atoms with Crippen molar-refractivity contribution < 1.29 is 0 Å². The monoisotopic (exact) mass is 1370 g/mol. The molecule has 4 aliphatic rings. The van der Waals surface area contributed by atoms with Gasteiger partial charge in [0.15, 0.2) is 0 Å². The summed E-state index contributed by atoms with van der Waals surface area (Å²) in [6.07, 6.45) is 0. The summed E-state index contributed by atoms with van der Waals surface area (Å²) in [4.78, 5) is 10.7. The van der Waals surface area contributed by atoms with Gasteiger partial charge in [0, 0.05) is 88.2 Å². The van der Waals surface area contributed by atoms with Crippen molar-refractivity contribution in [2.75, 3.05) is 14.7 Å². The van der Waals surface area contributed by atoms with Crippen LogP contribution in [0.3, 0.4) is 0 Å². The van der Waals surface area contributed by atoms with E-state index in [1.54, 1.807) is 0 Å². The summed E-state index contributed by atoms with van der Waals surface area (Å²) >= 11 is 1.98. The molecule has 0 spiro atoms. The Kier molecular flexibility index (Phi) is 14.5. The number of para-hydroxylation sites is 6. The van der Waals surface area contributed by atoms with Gasteiger partial charge in [-0.2, -0.15) is 0 Å². The van der Waals surface area contributed by atoms with E-state index in [0.29, 0.717) is 0 Å². The highest BCUT2D eigenvalue weighted by Gasteiger charge is 2.51. The third kappa shape index (κ3) is 10.2. The minimum atomic E-state index is -0.287. The molecular formula is C96H93B2N5S. The van der Waals surface area contributed by atoms with Crippen LogP contribution >= 0.6 is 11.8 Å². The van der Waals surface area contributed by atoms with Crippen LogP contribution in [0.25, 0.3) is 55.0 Å². The fourth-order valence-electron chi connectivity index (χ4n) is 17.8. The lowest BCUT2D eigenvalue weighted by Crippen LogP contribution is -2.66. The Bertz CT molecular complexity index is 5790. The van der Waals surface area contributed by atoms with E-state index in [4.69, 9.17) is 0 Å². The number of rotatable bonds is 5. The Morgan fingerprint density at radius 1 is 0.240 bits per heavy atom. The Morgan fingerprint density at radius 2 is 0.577 bits per heavy atom. The van der Waals surface area contributed by atoms with Crippen LogP contribution in [0, 0.1) is 0 Å². The number of aromatic nitrogens is 2. The topological polar surface area (TPSA) is 19.6 Å². The third-order valence-corrected chi connectivity index (χ3v) is 24.2. The number of nitrogens with zero attached hydrogens (tertiary/aromatic N) is 5. The van der Waals surface area contributed by atoms with Gasteiger partial charge in [0.2, 0.25) is 6.71 Å². The van der Waals surface area contributed by atoms with Gasteiger partial charge in [0.05, 0.1) is 27.8 Å².